The summed E-state index contributed by atoms with van der Waals surface area (Å²) in [5.41, 5.74) is 5.46. The van der Waals surface area contributed by atoms with E-state index < -0.39 is 8.07 Å². The van der Waals surface area contributed by atoms with Crippen molar-refractivity contribution in [1.29, 1.82) is 0 Å². The van der Waals surface area contributed by atoms with E-state index in [0.29, 0.717) is 12.1 Å². The van der Waals surface area contributed by atoms with Gasteiger partial charge in [0.05, 0.1) is 13.5 Å². The van der Waals surface area contributed by atoms with Crippen LogP contribution < -0.4 is 4.74 Å². The number of ether oxygens (including phenoxy) is 3. The average molecular weight is 548 g/mol. The number of carbonyl (C=O) groups is 1. The van der Waals surface area contributed by atoms with E-state index in [-0.39, 0.29) is 24.6 Å². The van der Waals surface area contributed by atoms with Crippen LogP contribution in [0.25, 0.3) is 0 Å². The first kappa shape index (κ1) is 29.4. The van der Waals surface area contributed by atoms with Crippen LogP contribution in [-0.4, -0.2) is 52.5 Å². The minimum Gasteiger partial charge on any atom is -0.469 e. The fourth-order valence-electron chi connectivity index (χ4n) is 5.27. The largest absolute Gasteiger partial charge is 0.469 e. The van der Waals surface area contributed by atoms with E-state index in [9.17, 15) is 4.79 Å². The van der Waals surface area contributed by atoms with Crippen LogP contribution in [0.1, 0.15) is 73.4 Å². The van der Waals surface area contributed by atoms with E-state index in [2.05, 4.69) is 69.4 Å². The molecule has 1 saturated carbocycles. The topological polar surface area (TPSA) is 48.0 Å². The Kier molecular flexibility index (Phi) is 9.26. The molecule has 0 aliphatic heterocycles. The van der Waals surface area contributed by atoms with E-state index in [1.165, 1.54) is 31.1 Å². The third kappa shape index (κ3) is 7.97. The van der Waals surface area contributed by atoms with Crippen LogP contribution in [0.5, 0.6) is 5.75 Å². The summed E-state index contributed by atoms with van der Waals surface area (Å²) in [6.07, 6.45) is 5.09. The molecular weight excluding hydrogens is 502 g/mol. The van der Waals surface area contributed by atoms with Crippen LogP contribution in [0, 0.1) is 11.8 Å². The Hall–Kier alpha value is -2.59. The van der Waals surface area contributed by atoms with Gasteiger partial charge < -0.3 is 14.2 Å². The molecule has 1 atom stereocenters. The molecule has 2 aromatic rings. The van der Waals surface area contributed by atoms with Gasteiger partial charge in [-0.3, -0.25) is 9.69 Å². The summed E-state index contributed by atoms with van der Waals surface area (Å²) < 4.78 is 17.1. The summed E-state index contributed by atoms with van der Waals surface area (Å²) in [4.78, 5) is 14.1. The van der Waals surface area contributed by atoms with Crippen molar-refractivity contribution in [2.75, 3.05) is 27.6 Å². The van der Waals surface area contributed by atoms with Gasteiger partial charge in [0, 0.05) is 43.5 Å². The second-order valence-electron chi connectivity index (χ2n) is 13.0. The number of fused-ring (bicyclic) bond motifs is 1. The zero-order valence-corrected chi connectivity index (χ0v) is 25.9. The lowest BCUT2D eigenvalue weighted by molar-refractivity contribution is -0.139. The molecule has 2 aliphatic rings. The number of rotatable bonds is 10. The molecule has 39 heavy (non-hydrogen) atoms. The SMILES string of the molecule is COC(=O)Cc1ccc(C#Cc2cc(OCOCC[Si](C)(C)C)c3c(c2)C(C)(C)CCC3N(C)C2CC2)cc1. The van der Waals surface area contributed by atoms with Gasteiger partial charge in [-0.25, -0.2) is 0 Å². The van der Waals surface area contributed by atoms with Crippen molar-refractivity contribution in [2.24, 2.45) is 0 Å². The number of carbonyl (C=O) groups excluding carboxylic acids is 1. The number of nitrogens with zero attached hydrogens (tertiary/aromatic N) is 1. The second kappa shape index (κ2) is 12.3. The standard InChI is InChI=1S/C33H45NO4Si/c1-33(2)17-16-29(34(3)27-14-15-27)32-28(33)20-26(21-30(32)38-23-37-18-19-39(5,6)7)13-10-24-8-11-25(12-9-24)22-31(35)36-4/h8-9,11-12,20-21,27,29H,14-19,22-23H2,1-7H3. The molecule has 2 aromatic carbocycles. The molecule has 0 radical (unpaired) electrons. The lowest BCUT2D eigenvalue weighted by Crippen LogP contribution is -2.35. The van der Waals surface area contributed by atoms with Crippen molar-refractivity contribution in [3.05, 3.63) is 64.2 Å². The zero-order valence-electron chi connectivity index (χ0n) is 24.9. The Morgan fingerprint density at radius 2 is 1.74 bits per heavy atom. The molecule has 1 fully saturated rings. The van der Waals surface area contributed by atoms with Gasteiger partial charge >= 0.3 is 5.97 Å². The maximum absolute atomic E-state index is 11.6. The normalized spacial score (nSPS) is 18.2. The number of methoxy groups -OCH3 is 1. The van der Waals surface area contributed by atoms with Gasteiger partial charge in [-0.05, 0) is 79.6 Å². The molecule has 5 nitrogen and oxygen atoms in total. The van der Waals surface area contributed by atoms with E-state index in [1.807, 2.05) is 24.3 Å². The number of hydrogen-bond donors (Lipinski definition) is 0. The predicted octanol–water partition coefficient (Wildman–Crippen LogP) is 6.70. The van der Waals surface area contributed by atoms with E-state index >= 15 is 0 Å². The summed E-state index contributed by atoms with van der Waals surface area (Å²) in [5, 5.41) is 0. The van der Waals surface area contributed by atoms with Crippen molar-refractivity contribution in [2.45, 2.75) is 89.1 Å². The molecule has 210 valence electrons. The zero-order chi connectivity index (χ0) is 28.2. The maximum atomic E-state index is 11.6. The first-order valence-corrected chi connectivity index (χ1v) is 18.0. The van der Waals surface area contributed by atoms with Crippen LogP contribution in [-0.2, 0) is 26.1 Å². The van der Waals surface area contributed by atoms with Gasteiger partial charge in [0.15, 0.2) is 6.79 Å². The second-order valence-corrected chi connectivity index (χ2v) is 18.6. The highest BCUT2D eigenvalue weighted by molar-refractivity contribution is 6.76. The molecule has 0 bridgehead atoms. The maximum Gasteiger partial charge on any atom is 0.309 e. The highest BCUT2D eigenvalue weighted by Gasteiger charge is 2.40. The molecular formula is C33H45NO4Si. The van der Waals surface area contributed by atoms with Gasteiger partial charge in [-0.2, -0.15) is 0 Å². The number of benzene rings is 2. The van der Waals surface area contributed by atoms with Gasteiger partial charge in [-0.15, -0.1) is 0 Å². The molecule has 0 aromatic heterocycles. The number of esters is 1. The fourth-order valence-corrected chi connectivity index (χ4v) is 6.03. The average Bonchev–Trinajstić information content (AvgIpc) is 3.73. The van der Waals surface area contributed by atoms with Gasteiger partial charge in [0.1, 0.15) is 5.75 Å². The number of hydrogen-bond acceptors (Lipinski definition) is 5. The molecule has 2 aliphatic carbocycles. The third-order valence-corrected chi connectivity index (χ3v) is 9.74. The minimum atomic E-state index is -1.15. The van der Waals surface area contributed by atoms with Crippen molar-refractivity contribution in [3.63, 3.8) is 0 Å². The molecule has 0 spiro atoms. The summed E-state index contributed by atoms with van der Waals surface area (Å²) in [5.74, 6) is 7.37. The summed E-state index contributed by atoms with van der Waals surface area (Å²) in [6.45, 7) is 12.8. The van der Waals surface area contributed by atoms with E-state index in [4.69, 9.17) is 14.2 Å². The Morgan fingerprint density at radius 3 is 2.38 bits per heavy atom. The lowest BCUT2D eigenvalue weighted by atomic mass is 9.70. The smallest absolute Gasteiger partial charge is 0.309 e. The Labute approximate surface area is 236 Å². The lowest BCUT2D eigenvalue weighted by Gasteiger charge is -2.42. The fraction of sp³-hybridized carbons (Fsp3) is 0.545. The van der Waals surface area contributed by atoms with Crippen LogP contribution >= 0.6 is 0 Å². The third-order valence-electron chi connectivity index (χ3n) is 8.04. The van der Waals surface area contributed by atoms with Crippen LogP contribution in [0.15, 0.2) is 36.4 Å². The quantitative estimate of drug-likeness (QED) is 0.109. The molecule has 6 heteroatoms. The Morgan fingerprint density at radius 1 is 1.05 bits per heavy atom. The summed E-state index contributed by atoms with van der Waals surface area (Å²) in [6, 6.07) is 14.3. The summed E-state index contributed by atoms with van der Waals surface area (Å²) >= 11 is 0. The molecule has 4 rings (SSSR count). The van der Waals surface area contributed by atoms with Gasteiger partial charge in [-0.1, -0.05) is 57.5 Å². The molecule has 1 unspecified atom stereocenters. The van der Waals surface area contributed by atoms with Crippen molar-refractivity contribution >= 4 is 14.0 Å². The van der Waals surface area contributed by atoms with Crippen molar-refractivity contribution in [1.82, 2.24) is 4.90 Å². The van der Waals surface area contributed by atoms with Crippen LogP contribution in [0.3, 0.4) is 0 Å². The summed E-state index contributed by atoms with van der Waals surface area (Å²) in [7, 11) is 2.53. The highest BCUT2D eigenvalue weighted by atomic mass is 28.3. The van der Waals surface area contributed by atoms with E-state index in [1.54, 1.807) is 0 Å². The molecule has 0 saturated heterocycles. The molecule has 0 heterocycles. The van der Waals surface area contributed by atoms with Crippen molar-refractivity contribution in [3.8, 4) is 17.6 Å². The first-order chi connectivity index (χ1) is 18.5. The Balaban J connectivity index is 1.62. The first-order valence-electron chi connectivity index (χ1n) is 14.3. The van der Waals surface area contributed by atoms with Crippen molar-refractivity contribution < 1.29 is 19.0 Å². The van der Waals surface area contributed by atoms with Crippen LogP contribution in [0.2, 0.25) is 25.7 Å². The van der Waals surface area contributed by atoms with Gasteiger partial charge in [0.2, 0.25) is 0 Å². The predicted molar refractivity (Wildman–Crippen MR) is 160 cm³/mol. The minimum absolute atomic E-state index is 0.0419. The molecule has 0 amide bonds. The van der Waals surface area contributed by atoms with Gasteiger partial charge in [0.25, 0.3) is 0 Å². The van der Waals surface area contributed by atoms with Crippen LogP contribution in [0.4, 0.5) is 0 Å². The molecule has 0 N–H and O–H groups in total. The monoisotopic (exact) mass is 547 g/mol. The van der Waals surface area contributed by atoms with E-state index in [0.717, 1.165) is 47.9 Å². The Bertz CT molecular complexity index is 1220. The highest BCUT2D eigenvalue weighted by Crippen LogP contribution is 2.49.